The van der Waals surface area contributed by atoms with E-state index in [4.69, 9.17) is 4.74 Å². The maximum Gasteiger partial charge on any atom is 0.330 e. The number of methoxy groups -OCH3 is 1. The molecule has 0 radical (unpaired) electrons. The number of hydrogen-bond acceptors (Lipinski definition) is 3. The van der Waals surface area contributed by atoms with Gasteiger partial charge in [-0.2, -0.15) is 0 Å². The summed E-state index contributed by atoms with van der Waals surface area (Å²) in [5.74, 6) is 0.476. The van der Waals surface area contributed by atoms with Crippen LogP contribution in [0.1, 0.15) is 31.2 Å². The lowest BCUT2D eigenvalue weighted by Crippen LogP contribution is -1.97. The zero-order valence-corrected chi connectivity index (χ0v) is 15.1. The maximum absolute atomic E-state index is 12.0. The van der Waals surface area contributed by atoms with Gasteiger partial charge in [0.15, 0.2) is 0 Å². The van der Waals surface area contributed by atoms with E-state index in [2.05, 4.69) is 4.74 Å². The third-order valence-electron chi connectivity index (χ3n) is 4.01. The van der Waals surface area contributed by atoms with Gasteiger partial charge in [-0.25, -0.2) is 4.79 Å². The summed E-state index contributed by atoms with van der Waals surface area (Å²) in [7, 11) is 1.36. The SMILES string of the molecule is COC(=O)C=Cc1ccc(-c2ccc(OCCCCCCF)cc2)cc1. The molecule has 4 heteroatoms. The van der Waals surface area contributed by atoms with Gasteiger partial charge in [0.1, 0.15) is 5.75 Å². The van der Waals surface area contributed by atoms with E-state index in [1.54, 1.807) is 6.08 Å². The van der Waals surface area contributed by atoms with Crippen molar-refractivity contribution in [3.8, 4) is 16.9 Å². The number of benzene rings is 2. The Morgan fingerprint density at radius 3 is 2.15 bits per heavy atom. The Bertz CT molecular complexity index is 690. The van der Waals surface area contributed by atoms with E-state index in [-0.39, 0.29) is 12.6 Å². The molecule has 0 amide bonds. The number of esters is 1. The Labute approximate surface area is 154 Å². The molecule has 0 aromatic heterocycles. The Morgan fingerprint density at radius 2 is 1.54 bits per heavy atom. The van der Waals surface area contributed by atoms with Crippen molar-refractivity contribution in [1.29, 1.82) is 0 Å². The van der Waals surface area contributed by atoms with Crippen LogP contribution in [0.25, 0.3) is 17.2 Å². The van der Waals surface area contributed by atoms with Gasteiger partial charge >= 0.3 is 5.97 Å². The molecular weight excluding hydrogens is 331 g/mol. The predicted octanol–water partition coefficient (Wildman–Crippen LogP) is 5.45. The van der Waals surface area contributed by atoms with Crippen LogP contribution >= 0.6 is 0 Å². The quantitative estimate of drug-likeness (QED) is 0.323. The molecule has 0 bridgehead atoms. The molecule has 2 aromatic rings. The van der Waals surface area contributed by atoms with Crippen molar-refractivity contribution in [2.75, 3.05) is 20.4 Å². The molecule has 138 valence electrons. The Kier molecular flexibility index (Phi) is 8.40. The lowest BCUT2D eigenvalue weighted by Gasteiger charge is -2.07. The summed E-state index contributed by atoms with van der Waals surface area (Å²) >= 11 is 0. The van der Waals surface area contributed by atoms with Gasteiger partial charge in [0.25, 0.3) is 0 Å². The Balaban J connectivity index is 1.85. The van der Waals surface area contributed by atoms with Gasteiger partial charge in [-0.3, -0.25) is 4.39 Å². The van der Waals surface area contributed by atoms with Crippen LogP contribution in [-0.2, 0) is 9.53 Å². The number of hydrogen-bond donors (Lipinski definition) is 0. The Hall–Kier alpha value is -2.62. The molecule has 0 spiro atoms. The highest BCUT2D eigenvalue weighted by Gasteiger charge is 2.00. The number of ether oxygens (including phenoxy) is 2. The number of unbranched alkanes of at least 4 members (excludes halogenated alkanes) is 3. The number of alkyl halides is 1. The molecule has 0 aliphatic heterocycles. The second-order valence-electron chi connectivity index (χ2n) is 5.95. The van der Waals surface area contributed by atoms with E-state index < -0.39 is 0 Å². The van der Waals surface area contributed by atoms with Crippen molar-refractivity contribution in [3.05, 3.63) is 60.2 Å². The molecule has 26 heavy (non-hydrogen) atoms. The van der Waals surface area contributed by atoms with Gasteiger partial charge < -0.3 is 9.47 Å². The van der Waals surface area contributed by atoms with Crippen LogP contribution in [0.3, 0.4) is 0 Å². The number of carbonyl (C=O) groups is 1. The van der Waals surface area contributed by atoms with Crippen molar-refractivity contribution in [2.24, 2.45) is 0 Å². The van der Waals surface area contributed by atoms with Gasteiger partial charge in [-0.15, -0.1) is 0 Å². The van der Waals surface area contributed by atoms with Crippen molar-refractivity contribution < 1.29 is 18.7 Å². The number of rotatable bonds is 10. The third kappa shape index (κ3) is 6.71. The smallest absolute Gasteiger partial charge is 0.330 e. The molecule has 0 aliphatic rings. The minimum Gasteiger partial charge on any atom is -0.494 e. The molecule has 0 atom stereocenters. The van der Waals surface area contributed by atoms with Gasteiger partial charge in [0.2, 0.25) is 0 Å². The lowest BCUT2D eigenvalue weighted by atomic mass is 10.0. The predicted molar refractivity (Wildman–Crippen MR) is 103 cm³/mol. The van der Waals surface area contributed by atoms with Crippen LogP contribution in [0, 0.1) is 0 Å². The molecule has 0 saturated carbocycles. The molecule has 0 saturated heterocycles. The highest BCUT2D eigenvalue weighted by molar-refractivity contribution is 5.87. The summed E-state index contributed by atoms with van der Waals surface area (Å²) in [6.07, 6.45) is 6.63. The molecule has 2 aromatic carbocycles. The molecular formula is C22H25FO3. The van der Waals surface area contributed by atoms with Crippen LogP contribution in [0.4, 0.5) is 4.39 Å². The van der Waals surface area contributed by atoms with Crippen LogP contribution in [-0.4, -0.2) is 26.4 Å². The van der Waals surface area contributed by atoms with Crippen molar-refractivity contribution in [2.45, 2.75) is 25.7 Å². The van der Waals surface area contributed by atoms with E-state index in [9.17, 15) is 9.18 Å². The van der Waals surface area contributed by atoms with Crippen molar-refractivity contribution >= 4 is 12.0 Å². The highest BCUT2D eigenvalue weighted by Crippen LogP contribution is 2.23. The minimum atomic E-state index is -0.368. The fourth-order valence-corrected chi connectivity index (χ4v) is 2.50. The first-order valence-corrected chi connectivity index (χ1v) is 8.88. The summed E-state index contributed by atoms with van der Waals surface area (Å²) in [6.45, 7) is 0.428. The van der Waals surface area contributed by atoms with Crippen LogP contribution < -0.4 is 4.74 Å². The van der Waals surface area contributed by atoms with Gasteiger partial charge in [0.05, 0.1) is 20.4 Å². The van der Waals surface area contributed by atoms with E-state index >= 15 is 0 Å². The van der Waals surface area contributed by atoms with Crippen LogP contribution in [0.2, 0.25) is 0 Å². The third-order valence-corrected chi connectivity index (χ3v) is 4.01. The highest BCUT2D eigenvalue weighted by atomic mass is 19.1. The van der Waals surface area contributed by atoms with E-state index in [1.165, 1.54) is 13.2 Å². The van der Waals surface area contributed by atoms with E-state index in [0.29, 0.717) is 13.0 Å². The normalized spacial score (nSPS) is 10.8. The molecule has 0 fully saturated rings. The second-order valence-corrected chi connectivity index (χ2v) is 5.95. The first-order valence-electron chi connectivity index (χ1n) is 8.88. The van der Waals surface area contributed by atoms with E-state index in [1.807, 2.05) is 48.5 Å². The monoisotopic (exact) mass is 356 g/mol. The summed E-state index contributed by atoms with van der Waals surface area (Å²) < 4.78 is 22.3. The lowest BCUT2D eigenvalue weighted by molar-refractivity contribution is -0.134. The van der Waals surface area contributed by atoms with Crippen molar-refractivity contribution in [1.82, 2.24) is 0 Å². The molecule has 0 unspecified atom stereocenters. The number of carbonyl (C=O) groups excluding carboxylic acids is 1. The summed E-state index contributed by atoms with van der Waals surface area (Å²) in [5.41, 5.74) is 3.13. The zero-order valence-electron chi connectivity index (χ0n) is 15.1. The largest absolute Gasteiger partial charge is 0.494 e. The molecule has 3 nitrogen and oxygen atoms in total. The average Bonchev–Trinajstić information content (AvgIpc) is 2.69. The van der Waals surface area contributed by atoms with Crippen LogP contribution in [0.15, 0.2) is 54.6 Å². The van der Waals surface area contributed by atoms with E-state index in [0.717, 1.165) is 41.7 Å². The maximum atomic E-state index is 12.0. The zero-order chi connectivity index (χ0) is 18.6. The fraction of sp³-hybridized carbons (Fsp3) is 0.318. The minimum absolute atomic E-state index is 0.231. The molecule has 0 N–H and O–H groups in total. The van der Waals surface area contributed by atoms with Crippen LogP contribution in [0.5, 0.6) is 5.75 Å². The van der Waals surface area contributed by atoms with Crippen molar-refractivity contribution in [3.63, 3.8) is 0 Å². The number of halogens is 1. The molecule has 2 rings (SSSR count). The summed E-state index contributed by atoms with van der Waals surface area (Å²) in [4.78, 5) is 11.1. The summed E-state index contributed by atoms with van der Waals surface area (Å²) in [6, 6.07) is 15.9. The molecule has 0 aliphatic carbocycles. The topological polar surface area (TPSA) is 35.5 Å². The van der Waals surface area contributed by atoms with Gasteiger partial charge in [-0.1, -0.05) is 42.8 Å². The standard InChI is InChI=1S/C22H25FO3/c1-25-22(24)15-8-18-6-9-19(10-7-18)20-11-13-21(14-12-20)26-17-5-3-2-4-16-23/h6-15H,2-5,16-17H2,1H3. The molecule has 0 heterocycles. The average molecular weight is 356 g/mol. The Morgan fingerprint density at radius 1 is 0.923 bits per heavy atom. The van der Waals surface area contributed by atoms with Gasteiger partial charge in [0, 0.05) is 6.08 Å². The van der Waals surface area contributed by atoms with Gasteiger partial charge in [-0.05, 0) is 54.2 Å². The first-order chi connectivity index (χ1) is 12.7. The second kappa shape index (κ2) is 11.1. The summed E-state index contributed by atoms with van der Waals surface area (Å²) in [5, 5.41) is 0. The first kappa shape index (κ1) is 19.7. The fourth-order valence-electron chi connectivity index (χ4n) is 2.50.